The van der Waals surface area contributed by atoms with Crippen molar-refractivity contribution in [1.29, 1.82) is 0 Å². The molecule has 1 aromatic rings. The number of hydrogen-bond acceptors (Lipinski definition) is 8. The Balaban J connectivity index is 2.26. The number of carboxylic acids is 1. The number of nitrogens with zero attached hydrogens (tertiary/aromatic N) is 1. The van der Waals surface area contributed by atoms with Gasteiger partial charge in [-0.15, -0.1) is 0 Å². The summed E-state index contributed by atoms with van der Waals surface area (Å²) in [5.74, 6) is -1.44. The summed E-state index contributed by atoms with van der Waals surface area (Å²) in [6.07, 6.45) is 1.60. The smallest absolute Gasteiger partial charge is 0.303 e. The van der Waals surface area contributed by atoms with Gasteiger partial charge in [0.2, 0.25) is 0 Å². The Morgan fingerprint density at radius 2 is 2.15 bits per heavy atom. The van der Waals surface area contributed by atoms with Crippen LogP contribution in [0.5, 0.6) is 5.75 Å². The summed E-state index contributed by atoms with van der Waals surface area (Å²) in [5.41, 5.74) is 0.325. The Hall–Kier alpha value is -1.95. The molecule has 1 aliphatic heterocycles. The van der Waals surface area contributed by atoms with Crippen molar-refractivity contribution in [3.8, 4) is 5.75 Å². The summed E-state index contributed by atoms with van der Waals surface area (Å²) < 4.78 is 39.2. The van der Waals surface area contributed by atoms with Crippen molar-refractivity contribution in [3.05, 3.63) is 28.7 Å². The van der Waals surface area contributed by atoms with E-state index < -0.39 is 26.9 Å². The van der Waals surface area contributed by atoms with E-state index in [1.807, 2.05) is 0 Å². The number of aliphatic carboxylic acids is 1. The first-order valence-corrected chi connectivity index (χ1v) is 9.88. The maximum Gasteiger partial charge on any atom is 0.303 e. The van der Waals surface area contributed by atoms with Crippen LogP contribution in [0.15, 0.2) is 28.0 Å². The minimum atomic E-state index is -4.74. The summed E-state index contributed by atoms with van der Waals surface area (Å²) >= 11 is 6.15. The van der Waals surface area contributed by atoms with E-state index in [9.17, 15) is 22.6 Å². The van der Waals surface area contributed by atoms with Gasteiger partial charge >= 0.3 is 5.97 Å². The molecule has 1 fully saturated rings. The molecule has 0 aliphatic carbocycles. The predicted molar refractivity (Wildman–Crippen MR) is 97.7 cm³/mol. The fraction of sp³-hybridized carbons (Fsp3) is 0.267. The summed E-state index contributed by atoms with van der Waals surface area (Å²) in [4.78, 5) is 24.0. The molecule has 0 bridgehead atoms. The summed E-state index contributed by atoms with van der Waals surface area (Å²) in [6.45, 7) is 0.178. The summed E-state index contributed by atoms with van der Waals surface area (Å²) in [6, 6.07) is 3.95. The SMILES string of the molecule is COc1ccc(/C=C2\SC(=S)N(CCCC(=O)O)C2=O)cc1S(=O)(=O)[O-]. The number of amides is 1. The van der Waals surface area contributed by atoms with Crippen LogP contribution in [0.1, 0.15) is 18.4 Å². The second-order valence-electron chi connectivity index (χ2n) is 5.20. The number of rotatable bonds is 7. The third-order valence-electron chi connectivity index (χ3n) is 3.40. The highest BCUT2D eigenvalue weighted by molar-refractivity contribution is 8.26. The second kappa shape index (κ2) is 8.16. The molecule has 0 radical (unpaired) electrons. The lowest BCUT2D eigenvalue weighted by Crippen LogP contribution is -2.29. The molecule has 0 saturated carbocycles. The minimum Gasteiger partial charge on any atom is -0.744 e. The van der Waals surface area contributed by atoms with E-state index in [2.05, 4.69) is 0 Å². The van der Waals surface area contributed by atoms with Crippen LogP contribution >= 0.6 is 24.0 Å². The molecule has 1 saturated heterocycles. The maximum atomic E-state index is 12.4. The predicted octanol–water partition coefficient (Wildman–Crippen LogP) is 1.67. The molecular formula is C15H14NO7S3-. The highest BCUT2D eigenvalue weighted by Gasteiger charge is 2.31. The Kier molecular flexibility index (Phi) is 6.39. The van der Waals surface area contributed by atoms with E-state index in [0.717, 1.165) is 17.8 Å². The van der Waals surface area contributed by atoms with Gasteiger partial charge in [-0.1, -0.05) is 30.0 Å². The Morgan fingerprint density at radius 1 is 1.46 bits per heavy atom. The average Bonchev–Trinajstić information content (AvgIpc) is 2.81. The molecule has 140 valence electrons. The van der Waals surface area contributed by atoms with Gasteiger partial charge in [-0.25, -0.2) is 8.42 Å². The topological polar surface area (TPSA) is 124 Å². The number of carbonyl (C=O) groups is 2. The molecule has 1 aliphatic rings. The van der Waals surface area contributed by atoms with Gasteiger partial charge < -0.3 is 14.4 Å². The number of thioether (sulfide) groups is 1. The normalized spacial score (nSPS) is 16.4. The molecule has 0 aromatic heterocycles. The van der Waals surface area contributed by atoms with Gasteiger partial charge in [0.05, 0.1) is 16.9 Å². The van der Waals surface area contributed by atoms with Gasteiger partial charge in [-0.2, -0.15) is 0 Å². The molecule has 1 N–H and O–H groups in total. The standard InChI is InChI=1S/C15H15NO7S3/c1-23-10-5-4-9(8-12(10)26(20,21)22)7-11-14(19)16(15(24)25-11)6-2-3-13(17)18/h4-5,7-8H,2-3,6H2,1H3,(H,17,18)(H,20,21,22)/p-1/b11-7-. The number of carbonyl (C=O) groups excluding carboxylic acids is 1. The number of carboxylic acid groups (broad SMARTS) is 1. The van der Waals surface area contributed by atoms with E-state index in [0.29, 0.717) is 5.56 Å². The van der Waals surface area contributed by atoms with Crippen LogP contribution in [-0.2, 0) is 19.7 Å². The number of ether oxygens (including phenoxy) is 1. The number of hydrogen-bond donors (Lipinski definition) is 1. The van der Waals surface area contributed by atoms with E-state index in [1.54, 1.807) is 0 Å². The Morgan fingerprint density at radius 3 is 2.73 bits per heavy atom. The quantitative estimate of drug-likeness (QED) is 0.401. The van der Waals surface area contributed by atoms with Crippen LogP contribution in [0.2, 0.25) is 0 Å². The van der Waals surface area contributed by atoms with Crippen LogP contribution in [0.4, 0.5) is 0 Å². The summed E-state index contributed by atoms with van der Waals surface area (Å²) in [5, 5.41) is 8.66. The molecule has 1 aromatic carbocycles. The molecule has 8 nitrogen and oxygen atoms in total. The van der Waals surface area contributed by atoms with Crippen molar-refractivity contribution < 1.29 is 32.4 Å². The van der Waals surface area contributed by atoms with Crippen molar-refractivity contribution in [2.24, 2.45) is 0 Å². The summed E-state index contributed by atoms with van der Waals surface area (Å²) in [7, 11) is -3.50. The average molecular weight is 416 g/mol. The molecule has 0 unspecified atom stereocenters. The largest absolute Gasteiger partial charge is 0.744 e. The molecule has 0 atom stereocenters. The van der Waals surface area contributed by atoms with E-state index in [-0.39, 0.29) is 34.4 Å². The van der Waals surface area contributed by atoms with Crippen molar-refractivity contribution in [2.75, 3.05) is 13.7 Å². The van der Waals surface area contributed by atoms with Gasteiger partial charge in [-0.05, 0) is 30.2 Å². The molecule has 26 heavy (non-hydrogen) atoms. The maximum absolute atomic E-state index is 12.4. The monoisotopic (exact) mass is 416 g/mol. The van der Waals surface area contributed by atoms with Crippen molar-refractivity contribution in [2.45, 2.75) is 17.7 Å². The second-order valence-corrected chi connectivity index (χ2v) is 8.22. The fourth-order valence-corrected chi connectivity index (χ4v) is 4.20. The third kappa shape index (κ3) is 4.81. The molecule has 1 heterocycles. The third-order valence-corrected chi connectivity index (χ3v) is 5.64. The van der Waals surface area contributed by atoms with Crippen LogP contribution in [-0.4, -0.2) is 52.8 Å². The first-order valence-electron chi connectivity index (χ1n) is 7.24. The highest BCUT2D eigenvalue weighted by atomic mass is 32.2. The Bertz CT molecular complexity index is 893. The van der Waals surface area contributed by atoms with Crippen molar-refractivity contribution >= 4 is 56.4 Å². The van der Waals surface area contributed by atoms with E-state index >= 15 is 0 Å². The van der Waals surface area contributed by atoms with Crippen LogP contribution < -0.4 is 4.74 Å². The fourth-order valence-electron chi connectivity index (χ4n) is 2.21. The number of thiocarbonyl (C=S) groups is 1. The number of benzene rings is 1. The Labute approximate surface area is 159 Å². The first-order chi connectivity index (χ1) is 12.1. The van der Waals surface area contributed by atoms with Crippen molar-refractivity contribution in [1.82, 2.24) is 4.90 Å². The zero-order chi connectivity index (χ0) is 19.5. The van der Waals surface area contributed by atoms with Gasteiger partial charge in [0.1, 0.15) is 20.2 Å². The lowest BCUT2D eigenvalue weighted by molar-refractivity contribution is -0.137. The minimum absolute atomic E-state index is 0.0840. The van der Waals surface area contributed by atoms with Crippen LogP contribution in [0, 0.1) is 0 Å². The van der Waals surface area contributed by atoms with E-state index in [1.165, 1.54) is 30.2 Å². The number of methoxy groups -OCH3 is 1. The molecule has 0 spiro atoms. The molecule has 2 rings (SSSR count). The molecule has 1 amide bonds. The van der Waals surface area contributed by atoms with Crippen LogP contribution in [0.3, 0.4) is 0 Å². The molecule has 11 heteroatoms. The highest BCUT2D eigenvalue weighted by Crippen LogP contribution is 2.34. The van der Waals surface area contributed by atoms with E-state index in [4.69, 9.17) is 22.1 Å². The van der Waals surface area contributed by atoms with Crippen molar-refractivity contribution in [3.63, 3.8) is 0 Å². The first kappa shape index (κ1) is 20.4. The van der Waals surface area contributed by atoms with Gasteiger partial charge in [0.25, 0.3) is 5.91 Å². The zero-order valence-corrected chi connectivity index (χ0v) is 15.9. The lowest BCUT2D eigenvalue weighted by Gasteiger charge is -2.13. The molecular weight excluding hydrogens is 402 g/mol. The zero-order valence-electron chi connectivity index (χ0n) is 13.5. The van der Waals surface area contributed by atoms with Gasteiger partial charge in [0.15, 0.2) is 0 Å². The van der Waals surface area contributed by atoms with Crippen LogP contribution in [0.25, 0.3) is 6.08 Å². The lowest BCUT2D eigenvalue weighted by atomic mass is 10.2. The van der Waals surface area contributed by atoms with Gasteiger partial charge in [-0.3, -0.25) is 14.5 Å². The van der Waals surface area contributed by atoms with Gasteiger partial charge in [0, 0.05) is 13.0 Å².